The van der Waals surface area contributed by atoms with E-state index in [0.717, 1.165) is 35.2 Å². The van der Waals surface area contributed by atoms with Gasteiger partial charge < -0.3 is 15.2 Å². The number of hydrogen-bond acceptors (Lipinski definition) is 3. The van der Waals surface area contributed by atoms with Crippen molar-refractivity contribution < 1.29 is 9.47 Å². The van der Waals surface area contributed by atoms with Crippen molar-refractivity contribution >= 4 is 15.9 Å². The molecule has 0 aromatic heterocycles. The number of benzene rings is 1. The third kappa shape index (κ3) is 2.12. The van der Waals surface area contributed by atoms with Crippen LogP contribution >= 0.6 is 15.9 Å². The van der Waals surface area contributed by atoms with E-state index in [4.69, 9.17) is 15.2 Å². The average Bonchev–Trinajstić information content (AvgIpc) is 2.68. The van der Waals surface area contributed by atoms with Gasteiger partial charge in [0.2, 0.25) is 0 Å². The summed E-state index contributed by atoms with van der Waals surface area (Å²) in [5, 5.41) is 0. The quantitative estimate of drug-likeness (QED) is 0.747. The van der Waals surface area contributed by atoms with Crippen molar-refractivity contribution in [3.63, 3.8) is 0 Å². The first-order valence-corrected chi connectivity index (χ1v) is 7.43. The SMILES string of the molecule is N[C@@H]1CCCCc2c(Br)cc3c(c21)OCCCO3. The van der Waals surface area contributed by atoms with E-state index in [9.17, 15) is 0 Å². The summed E-state index contributed by atoms with van der Waals surface area (Å²) in [6.45, 7) is 1.43. The molecule has 0 spiro atoms. The summed E-state index contributed by atoms with van der Waals surface area (Å²) in [4.78, 5) is 0. The van der Waals surface area contributed by atoms with Gasteiger partial charge in [-0.05, 0) is 30.9 Å². The first-order chi connectivity index (χ1) is 8.77. The summed E-state index contributed by atoms with van der Waals surface area (Å²) in [7, 11) is 0. The van der Waals surface area contributed by atoms with E-state index in [1.54, 1.807) is 0 Å². The lowest BCUT2D eigenvalue weighted by Crippen LogP contribution is -2.13. The summed E-state index contributed by atoms with van der Waals surface area (Å²) in [5.41, 5.74) is 8.81. The van der Waals surface area contributed by atoms with Gasteiger partial charge in [-0.3, -0.25) is 0 Å². The van der Waals surface area contributed by atoms with Crippen LogP contribution < -0.4 is 15.2 Å². The highest BCUT2D eigenvalue weighted by Crippen LogP contribution is 2.45. The van der Waals surface area contributed by atoms with Crippen molar-refractivity contribution in [3.8, 4) is 11.5 Å². The fourth-order valence-electron chi connectivity index (χ4n) is 2.79. The third-order valence-corrected chi connectivity index (χ3v) is 4.40. The highest BCUT2D eigenvalue weighted by Gasteiger charge is 2.26. The second-order valence-corrected chi connectivity index (χ2v) is 5.83. The van der Waals surface area contributed by atoms with E-state index < -0.39 is 0 Å². The van der Waals surface area contributed by atoms with Crippen LogP contribution in [0.25, 0.3) is 0 Å². The van der Waals surface area contributed by atoms with Gasteiger partial charge >= 0.3 is 0 Å². The van der Waals surface area contributed by atoms with Crippen molar-refractivity contribution in [2.75, 3.05) is 13.2 Å². The average molecular weight is 312 g/mol. The van der Waals surface area contributed by atoms with Crippen LogP contribution in [0.1, 0.15) is 42.9 Å². The molecule has 0 bridgehead atoms. The van der Waals surface area contributed by atoms with Crippen LogP contribution in [0.4, 0.5) is 0 Å². The number of hydrogen-bond donors (Lipinski definition) is 1. The van der Waals surface area contributed by atoms with E-state index in [-0.39, 0.29) is 6.04 Å². The predicted molar refractivity (Wildman–Crippen MR) is 74.2 cm³/mol. The molecule has 1 aromatic rings. The molecule has 1 aromatic carbocycles. The molecule has 3 nitrogen and oxygen atoms in total. The normalized spacial score (nSPS) is 22.9. The van der Waals surface area contributed by atoms with Crippen LogP contribution in [0.15, 0.2) is 10.5 Å². The number of fused-ring (bicyclic) bond motifs is 3. The van der Waals surface area contributed by atoms with Gasteiger partial charge in [0.1, 0.15) is 0 Å². The lowest BCUT2D eigenvalue weighted by Gasteiger charge is -2.20. The zero-order valence-electron chi connectivity index (χ0n) is 10.4. The predicted octanol–water partition coefficient (Wildman–Crippen LogP) is 3.34. The minimum absolute atomic E-state index is 0.0652. The molecular weight excluding hydrogens is 294 g/mol. The summed E-state index contributed by atoms with van der Waals surface area (Å²) in [5.74, 6) is 1.73. The Morgan fingerprint density at radius 3 is 2.89 bits per heavy atom. The number of halogens is 1. The molecule has 1 aliphatic carbocycles. The Hall–Kier alpha value is -0.740. The number of rotatable bonds is 0. The van der Waals surface area contributed by atoms with Gasteiger partial charge in [0.25, 0.3) is 0 Å². The molecule has 1 aliphatic heterocycles. The lowest BCUT2D eigenvalue weighted by molar-refractivity contribution is 0.295. The van der Waals surface area contributed by atoms with E-state index in [0.29, 0.717) is 13.2 Å². The minimum atomic E-state index is 0.0652. The van der Waals surface area contributed by atoms with Crippen LogP contribution in [0.5, 0.6) is 11.5 Å². The van der Waals surface area contributed by atoms with E-state index in [1.165, 1.54) is 24.0 Å². The Kier molecular flexibility index (Phi) is 3.48. The van der Waals surface area contributed by atoms with Gasteiger partial charge in [-0.15, -0.1) is 0 Å². The topological polar surface area (TPSA) is 44.5 Å². The van der Waals surface area contributed by atoms with Crippen LogP contribution in [0.2, 0.25) is 0 Å². The Morgan fingerprint density at radius 1 is 1.17 bits per heavy atom. The van der Waals surface area contributed by atoms with Crippen LogP contribution in [0, 0.1) is 0 Å². The first kappa shape index (κ1) is 12.3. The highest BCUT2D eigenvalue weighted by atomic mass is 79.9. The van der Waals surface area contributed by atoms with Crippen molar-refractivity contribution in [1.29, 1.82) is 0 Å². The van der Waals surface area contributed by atoms with Crippen LogP contribution in [-0.2, 0) is 6.42 Å². The van der Waals surface area contributed by atoms with Crippen LogP contribution in [-0.4, -0.2) is 13.2 Å². The molecule has 0 amide bonds. The molecule has 3 rings (SSSR count). The summed E-state index contributed by atoms with van der Waals surface area (Å²) >= 11 is 3.66. The molecule has 1 atom stereocenters. The lowest BCUT2D eigenvalue weighted by atomic mass is 9.98. The standard InChI is InChI=1S/C14H18BrNO2/c15-10-8-12-14(18-7-3-6-17-12)13-9(10)4-1-2-5-11(13)16/h8,11H,1-7,16H2/t11-/m1/s1. The van der Waals surface area contributed by atoms with Crippen molar-refractivity contribution in [2.45, 2.75) is 38.1 Å². The fraction of sp³-hybridized carbons (Fsp3) is 0.571. The van der Waals surface area contributed by atoms with Gasteiger partial charge in [0.15, 0.2) is 11.5 Å². The first-order valence-electron chi connectivity index (χ1n) is 6.64. The molecule has 0 fully saturated rings. The van der Waals surface area contributed by atoms with Gasteiger partial charge in [-0.1, -0.05) is 22.4 Å². The second kappa shape index (κ2) is 5.10. The summed E-state index contributed by atoms with van der Waals surface area (Å²) in [6.07, 6.45) is 5.40. The number of ether oxygens (including phenoxy) is 2. The molecular formula is C14H18BrNO2. The van der Waals surface area contributed by atoms with Gasteiger partial charge in [-0.25, -0.2) is 0 Å². The van der Waals surface area contributed by atoms with E-state index in [1.807, 2.05) is 6.07 Å². The minimum Gasteiger partial charge on any atom is -0.490 e. The molecule has 0 saturated heterocycles. The number of nitrogens with two attached hydrogens (primary N) is 1. The molecule has 0 saturated carbocycles. The van der Waals surface area contributed by atoms with Crippen LogP contribution in [0.3, 0.4) is 0 Å². The van der Waals surface area contributed by atoms with Crippen molar-refractivity contribution in [2.24, 2.45) is 5.73 Å². The molecule has 0 unspecified atom stereocenters. The molecule has 1 heterocycles. The van der Waals surface area contributed by atoms with Crippen molar-refractivity contribution in [1.82, 2.24) is 0 Å². The highest BCUT2D eigenvalue weighted by molar-refractivity contribution is 9.10. The van der Waals surface area contributed by atoms with E-state index >= 15 is 0 Å². The monoisotopic (exact) mass is 311 g/mol. The molecule has 2 N–H and O–H groups in total. The maximum Gasteiger partial charge on any atom is 0.166 e. The largest absolute Gasteiger partial charge is 0.490 e. The van der Waals surface area contributed by atoms with Gasteiger partial charge in [0, 0.05) is 22.5 Å². The van der Waals surface area contributed by atoms with Gasteiger partial charge in [-0.2, -0.15) is 0 Å². The molecule has 2 aliphatic rings. The molecule has 0 radical (unpaired) electrons. The smallest absolute Gasteiger partial charge is 0.166 e. The molecule has 18 heavy (non-hydrogen) atoms. The summed E-state index contributed by atoms with van der Waals surface area (Å²) < 4.78 is 12.8. The third-order valence-electron chi connectivity index (χ3n) is 3.69. The Morgan fingerprint density at radius 2 is 2.00 bits per heavy atom. The van der Waals surface area contributed by atoms with Gasteiger partial charge in [0.05, 0.1) is 13.2 Å². The zero-order valence-corrected chi connectivity index (χ0v) is 12.0. The molecule has 98 valence electrons. The fourth-order valence-corrected chi connectivity index (χ4v) is 3.41. The second-order valence-electron chi connectivity index (χ2n) is 4.98. The Labute approximate surface area is 116 Å². The summed E-state index contributed by atoms with van der Waals surface area (Å²) in [6, 6.07) is 2.10. The maximum absolute atomic E-state index is 6.33. The Bertz CT molecular complexity index is 462. The van der Waals surface area contributed by atoms with Crippen molar-refractivity contribution in [3.05, 3.63) is 21.7 Å². The maximum atomic E-state index is 6.33. The van der Waals surface area contributed by atoms with E-state index in [2.05, 4.69) is 15.9 Å². The zero-order chi connectivity index (χ0) is 12.5. The Balaban J connectivity index is 2.17. The molecule has 4 heteroatoms.